The van der Waals surface area contributed by atoms with Gasteiger partial charge in [0.2, 0.25) is 0 Å². The Hall–Kier alpha value is -1.44. The second-order valence-electron chi connectivity index (χ2n) is 3.28. The average Bonchev–Trinajstić information content (AvgIpc) is 2.26. The van der Waals surface area contributed by atoms with E-state index in [2.05, 4.69) is 5.32 Å². The van der Waals surface area contributed by atoms with Crippen molar-refractivity contribution in [3.63, 3.8) is 0 Å². The summed E-state index contributed by atoms with van der Waals surface area (Å²) in [6.45, 7) is -0.182. The lowest BCUT2D eigenvalue weighted by Crippen LogP contribution is -2.27. The summed E-state index contributed by atoms with van der Waals surface area (Å²) >= 11 is -0.242. The Balaban J connectivity index is 2.48. The number of alkyl halides is 3. The first-order valence-corrected chi connectivity index (χ1v) is 5.82. The molecule has 3 N–H and O–H groups in total. The largest absolute Gasteiger partial charge is 0.441 e. The van der Waals surface area contributed by atoms with Crippen molar-refractivity contribution >= 4 is 23.4 Å². The number of benzene rings is 1. The smallest absolute Gasteiger partial charge is 0.398 e. The summed E-state index contributed by atoms with van der Waals surface area (Å²) in [4.78, 5) is 11.5. The third-order valence-corrected chi connectivity index (χ3v) is 2.65. The van der Waals surface area contributed by atoms with E-state index < -0.39 is 17.2 Å². The van der Waals surface area contributed by atoms with Crippen molar-refractivity contribution in [3.05, 3.63) is 29.6 Å². The number of rotatable bonds is 4. The number of hydrogen-bond acceptors (Lipinski definition) is 3. The Labute approximate surface area is 105 Å². The van der Waals surface area contributed by atoms with Gasteiger partial charge < -0.3 is 11.1 Å². The minimum Gasteiger partial charge on any atom is -0.398 e. The Morgan fingerprint density at radius 2 is 2.06 bits per heavy atom. The molecule has 0 unspecified atom stereocenters. The number of nitrogen functional groups attached to an aromatic ring is 1. The van der Waals surface area contributed by atoms with Crippen molar-refractivity contribution in [2.24, 2.45) is 0 Å². The van der Waals surface area contributed by atoms with Crippen LogP contribution in [-0.2, 0) is 0 Å². The van der Waals surface area contributed by atoms with Crippen LogP contribution in [0.15, 0.2) is 18.2 Å². The molecule has 0 spiro atoms. The third kappa shape index (κ3) is 4.82. The van der Waals surface area contributed by atoms with E-state index in [1.807, 2.05) is 0 Å². The zero-order chi connectivity index (χ0) is 13.8. The van der Waals surface area contributed by atoms with E-state index in [9.17, 15) is 22.4 Å². The average molecular weight is 282 g/mol. The van der Waals surface area contributed by atoms with Crippen LogP contribution in [0.5, 0.6) is 0 Å². The Kier molecular flexibility index (Phi) is 4.83. The highest BCUT2D eigenvalue weighted by atomic mass is 32.2. The van der Waals surface area contributed by atoms with E-state index in [0.717, 1.165) is 12.1 Å². The van der Waals surface area contributed by atoms with Crippen molar-refractivity contribution in [1.29, 1.82) is 0 Å². The van der Waals surface area contributed by atoms with Gasteiger partial charge in [-0.25, -0.2) is 4.39 Å². The molecule has 0 bridgehead atoms. The van der Waals surface area contributed by atoms with Gasteiger partial charge in [0.05, 0.1) is 5.56 Å². The molecule has 0 atom stereocenters. The fourth-order valence-corrected chi connectivity index (χ4v) is 1.59. The molecular weight excluding hydrogens is 272 g/mol. The highest BCUT2D eigenvalue weighted by Crippen LogP contribution is 2.29. The van der Waals surface area contributed by atoms with E-state index in [4.69, 9.17) is 5.73 Å². The molecule has 0 aliphatic heterocycles. The van der Waals surface area contributed by atoms with Crippen molar-refractivity contribution in [1.82, 2.24) is 5.32 Å². The van der Waals surface area contributed by atoms with Gasteiger partial charge in [-0.3, -0.25) is 4.79 Å². The number of amides is 1. The summed E-state index contributed by atoms with van der Waals surface area (Å²) in [6, 6.07) is 3.24. The number of hydrogen-bond donors (Lipinski definition) is 2. The molecule has 3 nitrogen and oxygen atoms in total. The zero-order valence-corrected chi connectivity index (χ0v) is 9.87. The lowest BCUT2D eigenvalue weighted by Gasteiger charge is -2.08. The van der Waals surface area contributed by atoms with Crippen LogP contribution in [0.2, 0.25) is 0 Å². The van der Waals surface area contributed by atoms with Gasteiger partial charge in [-0.05, 0) is 30.0 Å². The highest BCUT2D eigenvalue weighted by molar-refractivity contribution is 8.00. The van der Waals surface area contributed by atoms with Crippen LogP contribution in [0.1, 0.15) is 10.4 Å². The lowest BCUT2D eigenvalue weighted by atomic mass is 10.1. The maximum Gasteiger partial charge on any atom is 0.441 e. The molecule has 1 aromatic carbocycles. The Morgan fingerprint density at radius 3 is 2.67 bits per heavy atom. The first kappa shape index (κ1) is 14.6. The predicted octanol–water partition coefficient (Wildman–Crippen LogP) is 2.39. The molecule has 0 heterocycles. The Bertz CT molecular complexity index is 436. The van der Waals surface area contributed by atoms with Gasteiger partial charge in [-0.2, -0.15) is 13.2 Å². The van der Waals surface area contributed by atoms with Crippen LogP contribution in [0.25, 0.3) is 0 Å². The van der Waals surface area contributed by atoms with E-state index in [1.54, 1.807) is 0 Å². The number of nitrogens with one attached hydrogen (secondary N) is 1. The first-order valence-electron chi connectivity index (χ1n) is 4.83. The van der Waals surface area contributed by atoms with Gasteiger partial charge in [0, 0.05) is 18.0 Å². The van der Waals surface area contributed by atoms with Crippen molar-refractivity contribution in [2.45, 2.75) is 5.51 Å². The normalized spacial score (nSPS) is 11.3. The van der Waals surface area contributed by atoms with Gasteiger partial charge in [-0.1, -0.05) is 0 Å². The lowest BCUT2D eigenvalue weighted by molar-refractivity contribution is -0.0327. The van der Waals surface area contributed by atoms with Crippen molar-refractivity contribution in [2.75, 3.05) is 18.0 Å². The fourth-order valence-electron chi connectivity index (χ4n) is 1.15. The molecule has 0 aliphatic rings. The first-order chi connectivity index (χ1) is 8.29. The number of halogens is 4. The monoisotopic (exact) mass is 282 g/mol. The molecule has 1 aromatic rings. The summed E-state index contributed by atoms with van der Waals surface area (Å²) in [7, 11) is 0. The van der Waals surface area contributed by atoms with E-state index in [-0.39, 0.29) is 35.3 Å². The third-order valence-electron chi connectivity index (χ3n) is 1.91. The molecular formula is C10H10F4N2OS. The predicted molar refractivity (Wildman–Crippen MR) is 61.7 cm³/mol. The van der Waals surface area contributed by atoms with Gasteiger partial charge in [0.25, 0.3) is 5.91 Å². The number of carbonyl (C=O) groups is 1. The molecule has 100 valence electrons. The van der Waals surface area contributed by atoms with Crippen LogP contribution < -0.4 is 11.1 Å². The molecule has 0 radical (unpaired) electrons. The number of carbonyl (C=O) groups excluding carboxylic acids is 1. The summed E-state index contributed by atoms with van der Waals surface area (Å²) < 4.78 is 48.3. The summed E-state index contributed by atoms with van der Waals surface area (Å²) in [5.41, 5.74) is 1.10. The maximum absolute atomic E-state index is 12.9. The number of nitrogens with two attached hydrogens (primary N) is 1. The maximum atomic E-state index is 12.9. The SMILES string of the molecule is Nc1ccc(F)cc1C(=O)NCCSC(F)(F)F. The van der Waals surface area contributed by atoms with Crippen LogP contribution >= 0.6 is 11.8 Å². The van der Waals surface area contributed by atoms with E-state index in [0.29, 0.717) is 0 Å². The van der Waals surface area contributed by atoms with E-state index >= 15 is 0 Å². The topological polar surface area (TPSA) is 55.1 Å². The molecule has 0 aliphatic carbocycles. The minimum absolute atomic E-state index is 0.0670. The molecule has 1 amide bonds. The molecule has 0 saturated carbocycles. The molecule has 18 heavy (non-hydrogen) atoms. The zero-order valence-electron chi connectivity index (χ0n) is 9.05. The van der Waals surface area contributed by atoms with E-state index in [1.165, 1.54) is 6.07 Å². The van der Waals surface area contributed by atoms with Crippen LogP contribution in [0.4, 0.5) is 23.2 Å². The highest BCUT2D eigenvalue weighted by Gasteiger charge is 2.27. The second-order valence-corrected chi connectivity index (χ2v) is 4.44. The second kappa shape index (κ2) is 5.94. The van der Waals surface area contributed by atoms with Crippen LogP contribution in [0, 0.1) is 5.82 Å². The Morgan fingerprint density at radius 1 is 1.39 bits per heavy atom. The quantitative estimate of drug-likeness (QED) is 0.506. The van der Waals surface area contributed by atoms with Gasteiger partial charge in [0.1, 0.15) is 5.82 Å². The molecule has 0 aromatic heterocycles. The molecule has 8 heteroatoms. The molecule has 0 saturated heterocycles. The standard InChI is InChI=1S/C10H10F4N2OS/c11-6-1-2-8(15)7(5-6)9(17)16-3-4-18-10(12,13)14/h1-2,5H,3-4,15H2,(H,16,17). The van der Waals surface area contributed by atoms with Crippen molar-refractivity contribution < 1.29 is 22.4 Å². The summed E-state index contributed by atoms with van der Waals surface area (Å²) in [5.74, 6) is -1.65. The molecule has 0 fully saturated rings. The number of thioether (sulfide) groups is 1. The molecule has 1 rings (SSSR count). The summed E-state index contributed by atoms with van der Waals surface area (Å²) in [6.07, 6.45) is 0. The van der Waals surface area contributed by atoms with Gasteiger partial charge in [0.15, 0.2) is 0 Å². The minimum atomic E-state index is -4.33. The van der Waals surface area contributed by atoms with Crippen LogP contribution in [-0.4, -0.2) is 23.7 Å². The van der Waals surface area contributed by atoms with Gasteiger partial charge >= 0.3 is 5.51 Å². The van der Waals surface area contributed by atoms with Crippen molar-refractivity contribution in [3.8, 4) is 0 Å². The van der Waals surface area contributed by atoms with Crippen LogP contribution in [0.3, 0.4) is 0 Å². The number of anilines is 1. The fraction of sp³-hybridized carbons (Fsp3) is 0.300. The van der Waals surface area contributed by atoms with Gasteiger partial charge in [-0.15, -0.1) is 0 Å². The summed E-state index contributed by atoms with van der Waals surface area (Å²) in [5, 5.41) is 2.23.